The van der Waals surface area contributed by atoms with Crippen molar-refractivity contribution in [1.82, 2.24) is 25.2 Å². The molecule has 0 saturated carbocycles. The number of nitrogens with one attached hydrogen (secondary N) is 4. The largest absolute Gasteiger partial charge is 0.426 e. The quantitative estimate of drug-likeness (QED) is 0.173. The van der Waals surface area contributed by atoms with E-state index in [1.165, 1.54) is 6.42 Å². The van der Waals surface area contributed by atoms with E-state index >= 15 is 0 Å². The number of ether oxygens (including phenoxy) is 1. The van der Waals surface area contributed by atoms with E-state index in [9.17, 15) is 4.79 Å². The number of amides is 1. The van der Waals surface area contributed by atoms with Crippen LogP contribution in [0.1, 0.15) is 50.3 Å². The second-order valence-electron chi connectivity index (χ2n) is 11.8. The number of pyridine rings is 1. The average molecular weight is 621 g/mol. The summed E-state index contributed by atoms with van der Waals surface area (Å²) in [6.07, 6.45) is 16.8. The summed E-state index contributed by atoms with van der Waals surface area (Å²) in [5, 5.41) is 13.1. The second-order valence-corrected chi connectivity index (χ2v) is 11.8. The SMILES string of the molecule is C=C(OC1=C(C)C=CCN1)N1CC=CC(CC(=O)Nc2ccc3cc2CCc2cncc(c2)Nc2ncc(C)c(n2)N3)C1.CCC. The van der Waals surface area contributed by atoms with Crippen LogP contribution >= 0.6 is 0 Å². The fourth-order valence-corrected chi connectivity index (χ4v) is 5.34. The maximum Gasteiger partial charge on any atom is 0.229 e. The topological polar surface area (TPSA) is 116 Å². The third kappa shape index (κ3) is 8.53. The lowest BCUT2D eigenvalue weighted by Crippen LogP contribution is -2.35. The van der Waals surface area contributed by atoms with Gasteiger partial charge in [-0.2, -0.15) is 4.98 Å². The summed E-state index contributed by atoms with van der Waals surface area (Å²) in [5.74, 6) is 2.50. The van der Waals surface area contributed by atoms with Crippen LogP contribution in [-0.2, 0) is 22.4 Å². The number of benzene rings is 1. The molecule has 6 bridgehead atoms. The van der Waals surface area contributed by atoms with Crippen molar-refractivity contribution in [2.45, 2.75) is 53.4 Å². The number of dihydropyridines is 1. The molecule has 10 nitrogen and oxygen atoms in total. The number of rotatable bonds is 6. The molecule has 4 N–H and O–H groups in total. The van der Waals surface area contributed by atoms with Crippen LogP contribution in [-0.4, -0.2) is 45.4 Å². The van der Waals surface area contributed by atoms with Crippen molar-refractivity contribution in [3.8, 4) is 0 Å². The highest BCUT2D eigenvalue weighted by Crippen LogP contribution is 2.28. The number of nitrogens with zero attached hydrogens (tertiary/aromatic N) is 4. The number of allylic oxidation sites excluding steroid dienone is 2. The molecule has 0 radical (unpaired) electrons. The van der Waals surface area contributed by atoms with Crippen molar-refractivity contribution in [2.75, 3.05) is 35.6 Å². The van der Waals surface area contributed by atoms with Gasteiger partial charge < -0.3 is 30.9 Å². The average Bonchev–Trinajstić information content (AvgIpc) is 3.04. The van der Waals surface area contributed by atoms with Crippen molar-refractivity contribution < 1.29 is 9.53 Å². The number of carbonyl (C=O) groups is 1. The lowest BCUT2D eigenvalue weighted by Gasteiger charge is -2.32. The van der Waals surface area contributed by atoms with E-state index in [2.05, 4.69) is 91.9 Å². The Morgan fingerprint density at radius 2 is 1.93 bits per heavy atom. The lowest BCUT2D eigenvalue weighted by molar-refractivity contribution is -0.117. The highest BCUT2D eigenvalue weighted by molar-refractivity contribution is 5.92. The van der Waals surface area contributed by atoms with Gasteiger partial charge in [-0.15, -0.1) is 0 Å². The highest BCUT2D eigenvalue weighted by atomic mass is 16.5. The molecule has 0 saturated heterocycles. The van der Waals surface area contributed by atoms with Crippen LogP contribution in [0.2, 0.25) is 0 Å². The molecule has 3 aliphatic rings. The summed E-state index contributed by atoms with van der Waals surface area (Å²) < 4.78 is 6.03. The van der Waals surface area contributed by atoms with Gasteiger partial charge >= 0.3 is 0 Å². The Labute approximate surface area is 271 Å². The smallest absolute Gasteiger partial charge is 0.229 e. The molecule has 5 heterocycles. The van der Waals surface area contributed by atoms with Gasteiger partial charge in [-0.25, -0.2) is 4.98 Å². The Morgan fingerprint density at radius 1 is 1.09 bits per heavy atom. The van der Waals surface area contributed by atoms with E-state index in [0.29, 0.717) is 37.2 Å². The molecule has 1 atom stereocenters. The summed E-state index contributed by atoms with van der Waals surface area (Å²) in [4.78, 5) is 28.9. The summed E-state index contributed by atoms with van der Waals surface area (Å²) in [6, 6.07) is 8.05. The first-order valence-corrected chi connectivity index (χ1v) is 15.9. The molecule has 1 unspecified atom stereocenters. The fraction of sp³-hybridized carbons (Fsp3) is 0.333. The van der Waals surface area contributed by atoms with Crippen molar-refractivity contribution >= 4 is 34.7 Å². The zero-order valence-corrected chi connectivity index (χ0v) is 27.2. The van der Waals surface area contributed by atoms with Crippen molar-refractivity contribution in [3.63, 3.8) is 0 Å². The molecule has 0 aliphatic carbocycles. The minimum absolute atomic E-state index is 0.0330. The Balaban J connectivity index is 0.00000134. The van der Waals surface area contributed by atoms with Gasteiger partial charge in [0.1, 0.15) is 5.82 Å². The molecule has 2 aromatic heterocycles. The van der Waals surface area contributed by atoms with Gasteiger partial charge in [0.25, 0.3) is 0 Å². The van der Waals surface area contributed by atoms with Crippen molar-refractivity contribution in [2.24, 2.45) is 5.92 Å². The van der Waals surface area contributed by atoms with Crippen molar-refractivity contribution in [1.29, 1.82) is 0 Å². The van der Waals surface area contributed by atoms with Crippen molar-refractivity contribution in [3.05, 3.63) is 108 Å². The molecule has 240 valence electrons. The molecule has 1 amide bonds. The molecule has 3 aromatic rings. The van der Waals surface area contributed by atoms with Gasteiger partial charge in [-0.3, -0.25) is 9.78 Å². The number of anilines is 5. The minimum atomic E-state index is -0.0373. The predicted molar refractivity (Wildman–Crippen MR) is 185 cm³/mol. The molecule has 10 heteroatoms. The van der Waals surface area contributed by atoms with Gasteiger partial charge in [0.2, 0.25) is 11.9 Å². The first kappa shape index (κ1) is 32.3. The Kier molecular flexibility index (Phi) is 10.7. The second kappa shape index (κ2) is 15.2. The number of carbonyl (C=O) groups excluding carboxylic acids is 1. The predicted octanol–water partition coefficient (Wildman–Crippen LogP) is 6.88. The van der Waals surface area contributed by atoms with Gasteiger partial charge in [0.05, 0.1) is 11.9 Å². The van der Waals surface area contributed by atoms with Gasteiger partial charge in [-0.1, -0.05) is 44.6 Å². The molecule has 3 aliphatic heterocycles. The highest BCUT2D eigenvalue weighted by Gasteiger charge is 2.22. The first-order valence-electron chi connectivity index (χ1n) is 15.9. The summed E-state index contributed by atoms with van der Waals surface area (Å²) >= 11 is 0. The molecule has 46 heavy (non-hydrogen) atoms. The maximum atomic E-state index is 13.3. The Bertz CT molecular complexity index is 1660. The Morgan fingerprint density at radius 3 is 2.76 bits per heavy atom. The molecular weight excluding hydrogens is 576 g/mol. The fourth-order valence-electron chi connectivity index (χ4n) is 5.34. The number of hydrogen-bond acceptors (Lipinski definition) is 9. The van der Waals surface area contributed by atoms with E-state index in [1.54, 1.807) is 12.4 Å². The number of aromatic nitrogens is 3. The molecule has 0 fully saturated rings. The minimum Gasteiger partial charge on any atom is -0.426 e. The molecular formula is C36H44N8O2. The molecule has 6 rings (SSSR count). The number of hydrogen-bond donors (Lipinski definition) is 4. The summed E-state index contributed by atoms with van der Waals surface area (Å²) in [7, 11) is 0. The van der Waals surface area contributed by atoms with Crippen LogP contribution in [0.3, 0.4) is 0 Å². The van der Waals surface area contributed by atoms with E-state index < -0.39 is 0 Å². The standard InChI is InChI=1S/C33H36N8O2.C3H8/c1-21-6-4-12-35-32(21)43-23(3)41-13-5-7-25(20-41)15-30(42)39-29-11-10-27-16-26(29)9-8-24-14-28(19-34-18-24)38-33-36-17-22(2)31(37-27)40-33;1-3-2/h4-7,10-11,14,16-19,25,35H,3,8-9,12-13,15,20H2,1-2H3,(H,39,42)(H2,36,37,38,40);3H2,1-2H3. The van der Waals surface area contributed by atoms with Crippen LogP contribution in [0.5, 0.6) is 0 Å². The summed E-state index contributed by atoms with van der Waals surface area (Å²) in [5.41, 5.74) is 6.58. The van der Waals surface area contributed by atoms with Gasteiger partial charge in [-0.05, 0) is 68.7 Å². The maximum absolute atomic E-state index is 13.3. The summed E-state index contributed by atoms with van der Waals surface area (Å²) in [6.45, 7) is 14.4. The van der Waals surface area contributed by atoms with Crippen LogP contribution in [0.25, 0.3) is 0 Å². The zero-order chi connectivity index (χ0) is 32.5. The van der Waals surface area contributed by atoms with Crippen LogP contribution in [0.4, 0.5) is 28.8 Å². The van der Waals surface area contributed by atoms with Crippen LogP contribution in [0, 0.1) is 12.8 Å². The third-order valence-corrected chi connectivity index (χ3v) is 7.66. The van der Waals surface area contributed by atoms with E-state index in [1.807, 2.05) is 38.3 Å². The zero-order valence-electron chi connectivity index (χ0n) is 27.2. The van der Waals surface area contributed by atoms with Gasteiger partial charge in [0, 0.05) is 66.9 Å². The van der Waals surface area contributed by atoms with E-state index in [4.69, 9.17) is 4.74 Å². The normalized spacial score (nSPS) is 16.6. The third-order valence-electron chi connectivity index (χ3n) is 7.66. The molecule has 0 spiro atoms. The number of fused-ring (bicyclic) bond motifs is 6. The van der Waals surface area contributed by atoms with E-state index in [-0.39, 0.29) is 11.8 Å². The molecule has 1 aromatic carbocycles. The monoisotopic (exact) mass is 620 g/mol. The van der Waals surface area contributed by atoms with Gasteiger partial charge in [0.15, 0.2) is 11.8 Å². The lowest BCUT2D eigenvalue weighted by atomic mass is 10.00. The van der Waals surface area contributed by atoms with E-state index in [0.717, 1.165) is 64.6 Å². The van der Waals surface area contributed by atoms with Crippen LogP contribution < -0.4 is 21.3 Å². The first-order chi connectivity index (χ1) is 22.3. The Hall–Kier alpha value is -5.12. The van der Waals surface area contributed by atoms with Crippen LogP contribution in [0.15, 0.2) is 91.1 Å². The number of aryl methyl sites for hydroxylation is 3.